The molecule has 0 fully saturated rings. The topological polar surface area (TPSA) is 43.1 Å². The fraction of sp³-hybridized carbons (Fsp3) is 0.333. The smallest absolute Gasteiger partial charge is 0.127 e. The van der Waals surface area contributed by atoms with E-state index in [-0.39, 0.29) is 12.4 Å². The summed E-state index contributed by atoms with van der Waals surface area (Å²) in [6.07, 6.45) is 0. The van der Waals surface area contributed by atoms with Gasteiger partial charge in [-0.25, -0.2) is 4.39 Å². The zero-order chi connectivity index (χ0) is 10.1. The molecular weight excluding hydrogens is 188 g/mol. The fourth-order valence-corrected chi connectivity index (χ4v) is 1.95. The van der Waals surface area contributed by atoms with Crippen LogP contribution in [0.1, 0.15) is 5.56 Å². The maximum absolute atomic E-state index is 13.0. The standard InChI is InChI=1S/C9H13FNOP/c1-13(2,12)8-3-4-9(10)7(5-8)6-11/h3-5H,6,11H2,1-2H3. The first-order valence-corrected chi connectivity index (χ1v) is 6.59. The first kappa shape index (κ1) is 10.4. The predicted octanol–water partition coefficient (Wildman–Crippen LogP) is 1.53. The molecule has 0 radical (unpaired) electrons. The van der Waals surface area contributed by atoms with Crippen molar-refractivity contribution in [3.05, 3.63) is 29.6 Å². The van der Waals surface area contributed by atoms with Crippen molar-refractivity contribution in [3.63, 3.8) is 0 Å². The van der Waals surface area contributed by atoms with Gasteiger partial charge in [0.1, 0.15) is 13.0 Å². The molecule has 0 unspecified atom stereocenters. The maximum Gasteiger partial charge on any atom is 0.127 e. The van der Waals surface area contributed by atoms with Crippen LogP contribution in [0.25, 0.3) is 0 Å². The van der Waals surface area contributed by atoms with Gasteiger partial charge < -0.3 is 10.3 Å². The van der Waals surface area contributed by atoms with Crippen LogP contribution in [0, 0.1) is 5.82 Å². The summed E-state index contributed by atoms with van der Waals surface area (Å²) in [5, 5.41) is 0.675. The summed E-state index contributed by atoms with van der Waals surface area (Å²) in [5.41, 5.74) is 5.75. The maximum atomic E-state index is 13.0. The normalized spacial score (nSPS) is 11.7. The molecular formula is C9H13FNOP. The summed E-state index contributed by atoms with van der Waals surface area (Å²) in [7, 11) is -2.30. The first-order chi connectivity index (χ1) is 5.95. The van der Waals surface area contributed by atoms with Gasteiger partial charge in [-0.15, -0.1) is 0 Å². The second-order valence-corrected chi connectivity index (χ2v) is 6.55. The van der Waals surface area contributed by atoms with Crippen LogP contribution in [0.15, 0.2) is 18.2 Å². The Bertz CT molecular complexity index is 359. The van der Waals surface area contributed by atoms with E-state index >= 15 is 0 Å². The molecule has 0 bridgehead atoms. The van der Waals surface area contributed by atoms with Crippen LogP contribution in [0.3, 0.4) is 0 Å². The molecule has 0 heterocycles. The third-order valence-electron chi connectivity index (χ3n) is 1.87. The van der Waals surface area contributed by atoms with Crippen molar-refractivity contribution in [2.45, 2.75) is 6.54 Å². The van der Waals surface area contributed by atoms with Crippen LogP contribution in [0.4, 0.5) is 4.39 Å². The summed E-state index contributed by atoms with van der Waals surface area (Å²) < 4.78 is 24.6. The van der Waals surface area contributed by atoms with Crippen molar-refractivity contribution in [2.24, 2.45) is 5.73 Å². The zero-order valence-electron chi connectivity index (χ0n) is 7.75. The Balaban J connectivity index is 3.22. The molecule has 1 aromatic carbocycles. The van der Waals surface area contributed by atoms with Gasteiger partial charge in [0.2, 0.25) is 0 Å². The molecule has 4 heteroatoms. The minimum Gasteiger partial charge on any atom is -0.326 e. The van der Waals surface area contributed by atoms with Crippen molar-refractivity contribution in [2.75, 3.05) is 13.3 Å². The summed E-state index contributed by atoms with van der Waals surface area (Å²) in [4.78, 5) is 0. The van der Waals surface area contributed by atoms with Gasteiger partial charge in [-0.2, -0.15) is 0 Å². The monoisotopic (exact) mass is 201 g/mol. The molecule has 0 saturated carbocycles. The van der Waals surface area contributed by atoms with E-state index < -0.39 is 7.14 Å². The Kier molecular flexibility index (Phi) is 2.89. The van der Waals surface area contributed by atoms with Crippen molar-refractivity contribution in [1.29, 1.82) is 0 Å². The van der Waals surface area contributed by atoms with Gasteiger partial charge in [-0.3, -0.25) is 0 Å². The van der Waals surface area contributed by atoms with E-state index in [9.17, 15) is 8.96 Å². The molecule has 2 N–H and O–H groups in total. The van der Waals surface area contributed by atoms with Gasteiger partial charge in [0.05, 0.1) is 0 Å². The summed E-state index contributed by atoms with van der Waals surface area (Å²) in [5.74, 6) is -0.334. The van der Waals surface area contributed by atoms with Crippen LogP contribution >= 0.6 is 7.14 Å². The second-order valence-electron chi connectivity index (χ2n) is 3.33. The molecule has 1 rings (SSSR count). The lowest BCUT2D eigenvalue weighted by Crippen LogP contribution is -2.08. The lowest BCUT2D eigenvalue weighted by Gasteiger charge is -2.08. The Hall–Kier alpha value is -0.660. The summed E-state index contributed by atoms with van der Waals surface area (Å²) in [6, 6.07) is 4.45. The van der Waals surface area contributed by atoms with Gasteiger partial charge in [0.15, 0.2) is 0 Å². The summed E-state index contributed by atoms with van der Waals surface area (Å²) >= 11 is 0. The summed E-state index contributed by atoms with van der Waals surface area (Å²) in [6.45, 7) is 3.45. The third kappa shape index (κ3) is 2.39. The molecule has 0 spiro atoms. The van der Waals surface area contributed by atoms with E-state index in [1.54, 1.807) is 25.5 Å². The Morgan fingerprint density at radius 2 is 2.08 bits per heavy atom. The highest BCUT2D eigenvalue weighted by molar-refractivity contribution is 7.70. The molecule has 0 aromatic heterocycles. The van der Waals surface area contributed by atoms with Crippen LogP contribution < -0.4 is 11.0 Å². The molecule has 0 saturated heterocycles. The van der Waals surface area contributed by atoms with Crippen molar-refractivity contribution >= 4 is 12.4 Å². The number of benzene rings is 1. The second kappa shape index (κ2) is 3.60. The quantitative estimate of drug-likeness (QED) is 0.737. The molecule has 0 aliphatic carbocycles. The minimum absolute atomic E-state index is 0.139. The molecule has 72 valence electrons. The van der Waals surface area contributed by atoms with Crippen LogP contribution in [-0.2, 0) is 11.1 Å². The minimum atomic E-state index is -2.30. The predicted molar refractivity (Wildman–Crippen MR) is 53.4 cm³/mol. The average Bonchev–Trinajstić information content (AvgIpc) is 2.03. The largest absolute Gasteiger partial charge is 0.326 e. The van der Waals surface area contributed by atoms with Gasteiger partial charge in [0.25, 0.3) is 0 Å². The molecule has 0 atom stereocenters. The van der Waals surface area contributed by atoms with E-state index in [1.165, 1.54) is 6.07 Å². The number of hydrogen-bond acceptors (Lipinski definition) is 2. The van der Waals surface area contributed by atoms with Gasteiger partial charge in [-0.05, 0) is 31.5 Å². The van der Waals surface area contributed by atoms with Gasteiger partial charge in [-0.1, -0.05) is 0 Å². The first-order valence-electron chi connectivity index (χ1n) is 3.99. The van der Waals surface area contributed by atoms with Crippen molar-refractivity contribution < 1.29 is 8.96 Å². The van der Waals surface area contributed by atoms with E-state index in [2.05, 4.69) is 0 Å². The molecule has 0 amide bonds. The molecule has 2 nitrogen and oxygen atoms in total. The Labute approximate surface area is 77.3 Å². The number of halogens is 1. The number of hydrogen-bond donors (Lipinski definition) is 1. The zero-order valence-corrected chi connectivity index (χ0v) is 8.64. The lowest BCUT2D eigenvalue weighted by atomic mass is 10.2. The van der Waals surface area contributed by atoms with Gasteiger partial charge in [0, 0.05) is 17.4 Å². The number of nitrogens with two attached hydrogens (primary N) is 1. The van der Waals surface area contributed by atoms with E-state index in [0.29, 0.717) is 10.9 Å². The van der Waals surface area contributed by atoms with Crippen LogP contribution in [-0.4, -0.2) is 13.3 Å². The van der Waals surface area contributed by atoms with Crippen LogP contribution in [0.2, 0.25) is 0 Å². The van der Waals surface area contributed by atoms with Gasteiger partial charge >= 0.3 is 0 Å². The highest BCUT2D eigenvalue weighted by Crippen LogP contribution is 2.34. The van der Waals surface area contributed by atoms with Crippen LogP contribution in [0.5, 0.6) is 0 Å². The number of rotatable bonds is 2. The highest BCUT2D eigenvalue weighted by atomic mass is 31.2. The third-order valence-corrected chi connectivity index (χ3v) is 3.39. The average molecular weight is 201 g/mol. The lowest BCUT2D eigenvalue weighted by molar-refractivity contribution is 0.588. The molecule has 0 aliphatic heterocycles. The highest BCUT2D eigenvalue weighted by Gasteiger charge is 2.12. The van der Waals surface area contributed by atoms with E-state index in [0.717, 1.165) is 0 Å². The fourth-order valence-electron chi connectivity index (χ4n) is 1.05. The van der Waals surface area contributed by atoms with Crippen molar-refractivity contribution in [1.82, 2.24) is 0 Å². The molecule has 1 aromatic rings. The SMILES string of the molecule is CP(C)(=O)c1ccc(F)c(CN)c1. The Morgan fingerprint density at radius 1 is 1.46 bits per heavy atom. The molecule has 0 aliphatic rings. The van der Waals surface area contributed by atoms with E-state index in [4.69, 9.17) is 5.73 Å². The van der Waals surface area contributed by atoms with E-state index in [1.807, 2.05) is 0 Å². The Morgan fingerprint density at radius 3 is 2.54 bits per heavy atom. The van der Waals surface area contributed by atoms with Crippen molar-refractivity contribution in [3.8, 4) is 0 Å². The molecule has 13 heavy (non-hydrogen) atoms.